The average molecular weight is 525 g/mol. The normalized spacial score (nSPS) is 11.9. The summed E-state index contributed by atoms with van der Waals surface area (Å²) in [6.07, 6.45) is 2.99. The summed E-state index contributed by atoms with van der Waals surface area (Å²) in [5.41, 5.74) is 6.12. The maximum absolute atomic E-state index is 13.2. The van der Waals surface area contributed by atoms with E-state index in [1.54, 1.807) is 30.3 Å². The van der Waals surface area contributed by atoms with Crippen molar-refractivity contribution in [3.8, 4) is 5.69 Å². The van der Waals surface area contributed by atoms with Crippen LogP contribution in [0.15, 0.2) is 93.5 Å². The molecular weight excluding hydrogens is 500 g/mol. The van der Waals surface area contributed by atoms with Crippen molar-refractivity contribution < 1.29 is 17.6 Å². The second kappa shape index (κ2) is 10.9. The number of aromatic nitrogens is 1. The maximum atomic E-state index is 13.2. The molecule has 2 heterocycles. The summed E-state index contributed by atoms with van der Waals surface area (Å²) < 4.78 is 34.8. The number of hydrogen-bond donors (Lipinski definition) is 1. The van der Waals surface area contributed by atoms with Crippen LogP contribution in [0.3, 0.4) is 0 Å². The Labute approximate surface area is 214 Å². The van der Waals surface area contributed by atoms with Gasteiger partial charge in [-0.25, -0.2) is 13.8 Å². The Balaban J connectivity index is 1.49. The Kier molecular flexibility index (Phi) is 7.73. The van der Waals surface area contributed by atoms with Crippen LogP contribution in [0.2, 0.25) is 5.02 Å². The molecule has 1 N–H and O–H groups in total. The van der Waals surface area contributed by atoms with Crippen molar-refractivity contribution in [2.45, 2.75) is 25.3 Å². The van der Waals surface area contributed by atoms with E-state index in [2.05, 4.69) is 15.1 Å². The number of nitrogens with zero attached hydrogens (tertiary/aromatic N) is 3. The van der Waals surface area contributed by atoms with Gasteiger partial charge < -0.3 is 8.98 Å². The molecule has 0 aliphatic carbocycles. The average Bonchev–Trinajstić information content (AvgIpc) is 3.47. The Morgan fingerprint density at radius 2 is 1.81 bits per heavy atom. The Hall–Kier alpha value is -3.66. The second-order valence-corrected chi connectivity index (χ2v) is 10.5. The molecule has 36 heavy (non-hydrogen) atoms. The van der Waals surface area contributed by atoms with Crippen LogP contribution in [0.25, 0.3) is 5.69 Å². The highest BCUT2D eigenvalue weighted by Gasteiger charge is 2.27. The molecule has 0 aliphatic heterocycles. The first-order chi connectivity index (χ1) is 17.3. The Morgan fingerprint density at radius 3 is 2.47 bits per heavy atom. The van der Waals surface area contributed by atoms with Crippen molar-refractivity contribution in [3.63, 3.8) is 0 Å². The smallest absolute Gasteiger partial charge is 0.255 e. The van der Waals surface area contributed by atoms with Crippen LogP contribution in [-0.2, 0) is 21.4 Å². The van der Waals surface area contributed by atoms with E-state index < -0.39 is 22.5 Å². The molecule has 0 bridgehead atoms. The van der Waals surface area contributed by atoms with E-state index in [-0.39, 0.29) is 11.4 Å². The Bertz CT molecular complexity index is 1460. The van der Waals surface area contributed by atoms with Crippen molar-refractivity contribution in [3.05, 3.63) is 107 Å². The number of rotatable bonds is 9. The molecule has 0 unspecified atom stereocenters. The summed E-state index contributed by atoms with van der Waals surface area (Å²) >= 11 is 6.00. The molecular formula is C26H25ClN4O4S. The molecule has 4 aromatic rings. The fourth-order valence-corrected chi connectivity index (χ4v) is 5.33. The minimum absolute atomic E-state index is 0.0856. The van der Waals surface area contributed by atoms with Crippen LogP contribution in [0, 0.1) is 13.8 Å². The van der Waals surface area contributed by atoms with Crippen molar-refractivity contribution >= 4 is 33.7 Å². The molecule has 0 radical (unpaired) electrons. The van der Waals surface area contributed by atoms with Crippen LogP contribution in [-0.4, -0.2) is 36.0 Å². The van der Waals surface area contributed by atoms with Gasteiger partial charge in [-0.3, -0.25) is 4.79 Å². The predicted molar refractivity (Wildman–Crippen MR) is 139 cm³/mol. The van der Waals surface area contributed by atoms with Gasteiger partial charge in [-0.1, -0.05) is 29.8 Å². The molecule has 2 aromatic heterocycles. The molecule has 2 aromatic carbocycles. The van der Waals surface area contributed by atoms with E-state index in [9.17, 15) is 13.2 Å². The lowest BCUT2D eigenvalue weighted by molar-refractivity contribution is -0.121. The summed E-state index contributed by atoms with van der Waals surface area (Å²) in [7, 11) is -3.94. The number of halogens is 1. The predicted octanol–water partition coefficient (Wildman–Crippen LogP) is 4.68. The van der Waals surface area contributed by atoms with E-state index in [4.69, 9.17) is 16.0 Å². The van der Waals surface area contributed by atoms with Crippen molar-refractivity contribution in [1.29, 1.82) is 0 Å². The van der Waals surface area contributed by atoms with Crippen LogP contribution < -0.4 is 5.43 Å². The van der Waals surface area contributed by atoms with Crippen LogP contribution in [0.5, 0.6) is 0 Å². The molecule has 1 amide bonds. The van der Waals surface area contributed by atoms with E-state index in [0.717, 1.165) is 26.9 Å². The lowest BCUT2D eigenvalue weighted by Crippen LogP contribution is -2.39. The fraction of sp³-hybridized carbons (Fsp3) is 0.154. The van der Waals surface area contributed by atoms with Gasteiger partial charge in [-0.15, -0.1) is 0 Å². The summed E-state index contributed by atoms with van der Waals surface area (Å²) in [5.74, 6) is -0.163. The van der Waals surface area contributed by atoms with E-state index in [1.165, 1.54) is 24.6 Å². The topological polar surface area (TPSA) is 96.9 Å². The third kappa shape index (κ3) is 5.76. The zero-order valence-electron chi connectivity index (χ0n) is 19.8. The first kappa shape index (κ1) is 25.4. The summed E-state index contributed by atoms with van der Waals surface area (Å²) in [6.45, 7) is 3.39. The molecule has 0 atom stereocenters. The first-order valence-electron chi connectivity index (χ1n) is 11.1. The molecule has 186 valence electrons. The highest BCUT2D eigenvalue weighted by atomic mass is 35.5. The number of nitrogens with one attached hydrogen (secondary N) is 1. The molecule has 4 rings (SSSR count). The monoisotopic (exact) mass is 524 g/mol. The number of benzene rings is 2. The van der Waals surface area contributed by atoms with Gasteiger partial charge in [0.1, 0.15) is 5.76 Å². The number of sulfonamides is 1. The van der Waals surface area contributed by atoms with Crippen LogP contribution in [0.1, 0.15) is 22.7 Å². The van der Waals surface area contributed by atoms with Gasteiger partial charge in [0, 0.05) is 27.7 Å². The molecule has 0 aliphatic rings. The van der Waals surface area contributed by atoms with Gasteiger partial charge in [0.05, 0.1) is 30.5 Å². The van der Waals surface area contributed by atoms with E-state index >= 15 is 0 Å². The zero-order chi connectivity index (χ0) is 25.7. The highest BCUT2D eigenvalue weighted by molar-refractivity contribution is 7.89. The molecule has 0 saturated carbocycles. The number of carbonyl (C=O) groups is 1. The third-order valence-corrected chi connectivity index (χ3v) is 7.62. The van der Waals surface area contributed by atoms with Crippen molar-refractivity contribution in [2.75, 3.05) is 6.54 Å². The van der Waals surface area contributed by atoms with Crippen molar-refractivity contribution in [2.24, 2.45) is 5.10 Å². The number of furan rings is 1. The molecule has 0 saturated heterocycles. The zero-order valence-corrected chi connectivity index (χ0v) is 21.3. The van der Waals surface area contributed by atoms with E-state index in [1.807, 2.05) is 44.2 Å². The lowest BCUT2D eigenvalue weighted by atomic mass is 10.2. The van der Waals surface area contributed by atoms with Crippen LogP contribution in [0.4, 0.5) is 0 Å². The Morgan fingerprint density at radius 1 is 1.08 bits per heavy atom. The maximum Gasteiger partial charge on any atom is 0.255 e. The minimum Gasteiger partial charge on any atom is -0.468 e. The van der Waals surface area contributed by atoms with Gasteiger partial charge in [0.25, 0.3) is 5.91 Å². The van der Waals surface area contributed by atoms with Crippen molar-refractivity contribution in [1.82, 2.24) is 14.3 Å². The van der Waals surface area contributed by atoms with E-state index in [0.29, 0.717) is 10.8 Å². The van der Waals surface area contributed by atoms with Crippen LogP contribution >= 0.6 is 11.6 Å². The number of carbonyl (C=O) groups excluding carboxylic acids is 1. The second-order valence-electron chi connectivity index (χ2n) is 8.10. The SMILES string of the molecule is Cc1cc(/C=N/NC(=O)CN(Cc2ccco2)S(=O)(=O)c2ccccc2)c(C)n1-c1ccc(Cl)cc1. The van der Waals surface area contributed by atoms with Gasteiger partial charge in [-0.05, 0) is 68.4 Å². The minimum atomic E-state index is -3.94. The van der Waals surface area contributed by atoms with Gasteiger partial charge in [0.15, 0.2) is 0 Å². The standard InChI is InChI=1S/C26H25ClN4O4S/c1-19-15-21(20(2)31(19)23-12-10-22(27)11-13-23)16-28-29-26(32)18-30(17-24-7-6-14-35-24)36(33,34)25-8-4-3-5-9-25/h3-16H,17-18H2,1-2H3,(H,29,32)/b28-16+. The quantitative estimate of drug-likeness (QED) is 0.254. The number of amides is 1. The molecule has 0 fully saturated rings. The molecule has 0 spiro atoms. The number of aryl methyl sites for hydroxylation is 1. The molecule has 10 heteroatoms. The summed E-state index contributed by atoms with van der Waals surface area (Å²) in [6, 6.07) is 20.7. The number of hydrazone groups is 1. The first-order valence-corrected chi connectivity index (χ1v) is 12.9. The fourth-order valence-electron chi connectivity index (χ4n) is 3.82. The summed E-state index contributed by atoms with van der Waals surface area (Å²) in [5, 5.41) is 4.72. The summed E-state index contributed by atoms with van der Waals surface area (Å²) in [4.78, 5) is 12.8. The van der Waals surface area contributed by atoms with Gasteiger partial charge >= 0.3 is 0 Å². The lowest BCUT2D eigenvalue weighted by Gasteiger charge is -2.20. The largest absolute Gasteiger partial charge is 0.468 e. The third-order valence-electron chi connectivity index (χ3n) is 5.56. The van der Waals surface area contributed by atoms with Gasteiger partial charge in [0.2, 0.25) is 10.0 Å². The molecule has 8 nitrogen and oxygen atoms in total. The van der Waals surface area contributed by atoms with Gasteiger partial charge in [-0.2, -0.15) is 9.41 Å². The highest BCUT2D eigenvalue weighted by Crippen LogP contribution is 2.21. The number of hydrogen-bond acceptors (Lipinski definition) is 5.